The first-order chi connectivity index (χ1) is 11.8. The fourth-order valence-corrected chi connectivity index (χ4v) is 5.50. The van der Waals surface area contributed by atoms with Crippen LogP contribution in [0.15, 0.2) is 5.57 Å². The second-order valence-electron chi connectivity index (χ2n) is 7.84. The van der Waals surface area contributed by atoms with Gasteiger partial charge in [0.15, 0.2) is 0 Å². The Labute approximate surface area is 147 Å². The van der Waals surface area contributed by atoms with E-state index in [4.69, 9.17) is 0 Å². The molecule has 5 rings (SSSR count). The number of rotatable bonds is 0. The standard InChI is InChI=1S/C23H24O/c24-14-19-10-11-21-16-5-2-7-18-13-17-6-1-4-15(12-16)20(21)8-3-9-22(17)23(18)19/h12-13H,1-11H2. The SMILES string of the molecule is O=C=C1CC[C]2[C]3[CH][C]4CCC[C]5[CH][C](CCC3)[C]1[C]5CCC[C]42. The molecule has 24 heavy (non-hydrogen) atoms. The minimum absolute atomic E-state index is 0.871. The zero-order valence-corrected chi connectivity index (χ0v) is 14.3. The molecule has 10 radical (unpaired) electrons. The maximum atomic E-state index is 11.8. The summed E-state index contributed by atoms with van der Waals surface area (Å²) < 4.78 is 0. The van der Waals surface area contributed by atoms with Crippen molar-refractivity contribution in [2.24, 2.45) is 0 Å². The van der Waals surface area contributed by atoms with Gasteiger partial charge in [-0.15, -0.1) is 0 Å². The van der Waals surface area contributed by atoms with Crippen molar-refractivity contribution < 1.29 is 4.79 Å². The van der Waals surface area contributed by atoms with E-state index in [0.717, 1.165) is 31.3 Å². The van der Waals surface area contributed by atoms with Gasteiger partial charge in [0.2, 0.25) is 0 Å². The zero-order chi connectivity index (χ0) is 16.1. The summed E-state index contributed by atoms with van der Waals surface area (Å²) in [6, 6.07) is 0. The molecule has 0 aliphatic heterocycles. The molecule has 1 heteroatoms. The van der Waals surface area contributed by atoms with Crippen molar-refractivity contribution in [2.75, 3.05) is 0 Å². The molecule has 0 unspecified atom stereocenters. The molecule has 0 aromatic heterocycles. The lowest BCUT2D eigenvalue weighted by Crippen LogP contribution is -2.22. The smallest absolute Gasteiger partial charge is 0.124 e. The van der Waals surface area contributed by atoms with Crippen LogP contribution in [0.2, 0.25) is 0 Å². The van der Waals surface area contributed by atoms with Gasteiger partial charge in [-0.25, -0.2) is 4.79 Å². The van der Waals surface area contributed by atoms with Gasteiger partial charge in [-0.05, 0) is 106 Å². The summed E-state index contributed by atoms with van der Waals surface area (Å²) in [5, 5.41) is 0. The van der Waals surface area contributed by atoms with E-state index in [1.807, 2.05) is 0 Å². The van der Waals surface area contributed by atoms with Crippen LogP contribution in [0.1, 0.15) is 70.6 Å². The molecule has 1 nitrogen and oxygen atoms in total. The largest absolute Gasteiger partial charge is 0.234 e. The summed E-state index contributed by atoms with van der Waals surface area (Å²) in [6.07, 6.45) is 17.6. The second kappa shape index (κ2) is 6.31. The minimum atomic E-state index is 0.871. The van der Waals surface area contributed by atoms with Gasteiger partial charge >= 0.3 is 0 Å². The third kappa shape index (κ3) is 2.45. The van der Waals surface area contributed by atoms with Crippen LogP contribution in [0.4, 0.5) is 0 Å². The second-order valence-corrected chi connectivity index (χ2v) is 7.84. The number of carbonyl (C=O) groups excluding carboxylic acids is 1. The van der Waals surface area contributed by atoms with E-state index in [1.54, 1.807) is 23.7 Å². The van der Waals surface area contributed by atoms with Crippen molar-refractivity contribution >= 4 is 5.94 Å². The predicted octanol–water partition coefficient (Wildman–Crippen LogP) is 5.11. The van der Waals surface area contributed by atoms with Crippen LogP contribution < -0.4 is 0 Å². The van der Waals surface area contributed by atoms with E-state index in [2.05, 4.69) is 18.8 Å². The molecular formula is C23H24O. The molecule has 0 saturated heterocycles. The van der Waals surface area contributed by atoms with Crippen LogP contribution in [0.25, 0.3) is 0 Å². The summed E-state index contributed by atoms with van der Waals surface area (Å²) in [6.45, 7) is 0. The fraction of sp³-hybridized carbons (Fsp3) is 0.478. The van der Waals surface area contributed by atoms with Crippen molar-refractivity contribution in [1.82, 2.24) is 0 Å². The molecule has 0 aromatic carbocycles. The van der Waals surface area contributed by atoms with Gasteiger partial charge in [-0.3, -0.25) is 0 Å². The third-order valence-electron chi connectivity index (χ3n) is 6.53. The Bertz CT molecular complexity index is 530. The average molecular weight is 316 g/mol. The molecule has 5 fully saturated rings. The van der Waals surface area contributed by atoms with E-state index >= 15 is 0 Å². The molecule has 0 atom stereocenters. The van der Waals surface area contributed by atoms with Crippen molar-refractivity contribution in [3.8, 4) is 0 Å². The molecule has 5 aliphatic carbocycles. The van der Waals surface area contributed by atoms with E-state index in [-0.39, 0.29) is 0 Å². The van der Waals surface area contributed by atoms with E-state index in [0.29, 0.717) is 0 Å². The van der Waals surface area contributed by atoms with Crippen LogP contribution in [0, 0.1) is 60.2 Å². The predicted molar refractivity (Wildman–Crippen MR) is 94.5 cm³/mol. The van der Waals surface area contributed by atoms with Gasteiger partial charge < -0.3 is 0 Å². The lowest BCUT2D eigenvalue weighted by Gasteiger charge is -2.34. The summed E-state index contributed by atoms with van der Waals surface area (Å²) in [5.74, 6) is 14.6. The number of fused-ring (bicyclic) bond motifs is 4. The lowest BCUT2D eigenvalue weighted by molar-refractivity contribution is 0.558. The molecule has 5 saturated carbocycles. The topological polar surface area (TPSA) is 17.1 Å². The molecule has 0 N–H and O–H groups in total. The van der Waals surface area contributed by atoms with Crippen LogP contribution in [0.3, 0.4) is 0 Å². The van der Waals surface area contributed by atoms with Gasteiger partial charge in [0, 0.05) is 11.5 Å². The van der Waals surface area contributed by atoms with Crippen molar-refractivity contribution in [3.05, 3.63) is 65.8 Å². The Morgan fingerprint density at radius 2 is 1.12 bits per heavy atom. The Morgan fingerprint density at radius 3 is 1.88 bits per heavy atom. The van der Waals surface area contributed by atoms with Crippen LogP contribution >= 0.6 is 0 Å². The molecule has 122 valence electrons. The first-order valence-corrected chi connectivity index (χ1v) is 9.69. The number of hydrogen-bond acceptors (Lipinski definition) is 1. The maximum Gasteiger partial charge on any atom is 0.124 e. The summed E-state index contributed by atoms with van der Waals surface area (Å²) in [7, 11) is 0. The molecule has 0 heterocycles. The highest BCUT2D eigenvalue weighted by Crippen LogP contribution is 2.62. The highest BCUT2D eigenvalue weighted by Gasteiger charge is 2.51. The van der Waals surface area contributed by atoms with Crippen molar-refractivity contribution in [2.45, 2.75) is 70.6 Å². The Hall–Kier alpha value is -0.550. The fourth-order valence-electron chi connectivity index (χ4n) is 5.50. The lowest BCUT2D eigenvalue weighted by atomic mass is 9.69. The van der Waals surface area contributed by atoms with E-state index in [1.165, 1.54) is 68.6 Å². The minimum Gasteiger partial charge on any atom is -0.234 e. The van der Waals surface area contributed by atoms with Crippen LogP contribution in [-0.2, 0) is 4.79 Å². The van der Waals surface area contributed by atoms with Gasteiger partial charge in [0.05, 0.1) is 0 Å². The quantitative estimate of drug-likeness (QED) is 0.568. The Morgan fingerprint density at radius 1 is 0.583 bits per heavy atom. The van der Waals surface area contributed by atoms with Crippen LogP contribution in [0.5, 0.6) is 0 Å². The molecule has 5 aliphatic rings. The summed E-state index contributed by atoms with van der Waals surface area (Å²) >= 11 is 0. The van der Waals surface area contributed by atoms with Gasteiger partial charge in [-0.2, -0.15) is 0 Å². The maximum absolute atomic E-state index is 11.8. The molecule has 0 aromatic rings. The Kier molecular flexibility index (Phi) is 4.13. The summed E-state index contributed by atoms with van der Waals surface area (Å²) in [4.78, 5) is 11.8. The van der Waals surface area contributed by atoms with E-state index in [9.17, 15) is 4.79 Å². The van der Waals surface area contributed by atoms with Gasteiger partial charge in [0.25, 0.3) is 0 Å². The monoisotopic (exact) mass is 316 g/mol. The highest BCUT2D eigenvalue weighted by atomic mass is 16.1. The molecule has 0 spiro atoms. The van der Waals surface area contributed by atoms with Gasteiger partial charge in [-0.1, -0.05) is 19.3 Å². The molecule has 4 bridgehead atoms. The third-order valence-corrected chi connectivity index (χ3v) is 6.53. The van der Waals surface area contributed by atoms with Crippen molar-refractivity contribution in [1.29, 1.82) is 0 Å². The van der Waals surface area contributed by atoms with E-state index < -0.39 is 0 Å². The zero-order valence-electron chi connectivity index (χ0n) is 14.3. The van der Waals surface area contributed by atoms with Crippen molar-refractivity contribution in [3.63, 3.8) is 0 Å². The Balaban J connectivity index is 1.61. The van der Waals surface area contributed by atoms with Gasteiger partial charge in [0.1, 0.15) is 5.94 Å². The highest BCUT2D eigenvalue weighted by molar-refractivity contribution is 5.73. The van der Waals surface area contributed by atoms with Crippen LogP contribution in [-0.4, -0.2) is 5.94 Å². The molecule has 0 amide bonds. The summed E-state index contributed by atoms with van der Waals surface area (Å²) in [5.41, 5.74) is 0.954. The average Bonchev–Trinajstić information content (AvgIpc) is 3.11. The first kappa shape index (κ1) is 15.7. The number of allylic oxidation sites excluding steroid dienone is 1. The first-order valence-electron chi connectivity index (χ1n) is 9.69. The number of hydrogen-bond donors (Lipinski definition) is 0. The molecular weight excluding hydrogens is 292 g/mol. The normalized spacial score (nSPS) is 32.8.